The summed E-state index contributed by atoms with van der Waals surface area (Å²) < 4.78 is 4.85. The van der Waals surface area contributed by atoms with Crippen LogP contribution in [0.25, 0.3) is 0 Å². The molecule has 0 saturated carbocycles. The van der Waals surface area contributed by atoms with Gasteiger partial charge in [-0.1, -0.05) is 0 Å². The third-order valence-corrected chi connectivity index (χ3v) is 1.09. The van der Waals surface area contributed by atoms with Crippen molar-refractivity contribution in [3.63, 3.8) is 0 Å². The van der Waals surface area contributed by atoms with E-state index in [1.807, 2.05) is 0 Å². The van der Waals surface area contributed by atoms with Crippen LogP contribution in [0.2, 0.25) is 0 Å². The van der Waals surface area contributed by atoms with E-state index in [0.29, 0.717) is 0 Å². The van der Waals surface area contributed by atoms with Crippen LogP contribution in [0.4, 0.5) is 0 Å². The highest BCUT2D eigenvalue weighted by Crippen LogP contribution is 1.94. The molecule has 1 heterocycles. The fourth-order valence-electron chi connectivity index (χ4n) is 0.641. The molecule has 0 aromatic carbocycles. The minimum Gasteiger partial charge on any atom is -0.339 e. The van der Waals surface area contributed by atoms with E-state index in [1.54, 1.807) is 7.05 Å². The molecule has 0 spiro atoms. The van der Waals surface area contributed by atoms with E-state index >= 15 is 0 Å². The summed E-state index contributed by atoms with van der Waals surface area (Å²) in [5, 5.41) is 15.8. The molecule has 0 unspecified atom stereocenters. The van der Waals surface area contributed by atoms with Crippen LogP contribution in [-0.4, -0.2) is 36.4 Å². The predicted molar refractivity (Wildman–Crippen MR) is 35.1 cm³/mol. The fourth-order valence-corrected chi connectivity index (χ4v) is 0.641. The molecular formula is C4H7N4O3. The molecule has 61 valence electrons. The molecule has 1 aliphatic rings. The number of guanidine groups is 1. The van der Waals surface area contributed by atoms with Gasteiger partial charge in [-0.05, 0) is 0 Å². The number of ether oxygens (including phenoxy) is 1. The van der Waals surface area contributed by atoms with Crippen LogP contribution in [0, 0.1) is 10.1 Å². The molecule has 7 nitrogen and oxygen atoms in total. The maximum Gasteiger partial charge on any atom is 0.296 e. The topological polar surface area (TPSA) is 82.1 Å². The molecule has 0 amide bonds. The van der Waals surface area contributed by atoms with Crippen LogP contribution in [-0.2, 0) is 4.74 Å². The molecule has 0 bridgehead atoms. The van der Waals surface area contributed by atoms with Crippen LogP contribution >= 0.6 is 0 Å². The Morgan fingerprint density at radius 1 is 1.91 bits per heavy atom. The summed E-state index contributed by atoms with van der Waals surface area (Å²) >= 11 is 0. The summed E-state index contributed by atoms with van der Waals surface area (Å²) in [7, 11) is 1.62. The standard InChI is InChI=1S/C4H7N4O3/c1-7-3-11-2-5-4(7)6-8(9)10/h2-3H2,1H3/b6-4-. The zero-order valence-corrected chi connectivity index (χ0v) is 5.93. The van der Waals surface area contributed by atoms with Crippen molar-refractivity contribution in [2.24, 2.45) is 5.10 Å². The van der Waals surface area contributed by atoms with Crippen LogP contribution in [0.5, 0.6) is 0 Å². The molecule has 1 rings (SSSR count). The van der Waals surface area contributed by atoms with Crippen LogP contribution in [0.1, 0.15) is 0 Å². The molecule has 0 atom stereocenters. The van der Waals surface area contributed by atoms with Gasteiger partial charge in [0.1, 0.15) is 18.6 Å². The normalized spacial score (nSPS) is 21.5. The Morgan fingerprint density at radius 3 is 3.18 bits per heavy atom. The minimum absolute atomic E-state index is 0.0984. The van der Waals surface area contributed by atoms with E-state index in [1.165, 1.54) is 4.90 Å². The van der Waals surface area contributed by atoms with Gasteiger partial charge in [-0.3, -0.25) is 0 Å². The quantitative estimate of drug-likeness (QED) is 0.363. The van der Waals surface area contributed by atoms with Gasteiger partial charge >= 0.3 is 0 Å². The molecule has 11 heavy (non-hydrogen) atoms. The van der Waals surface area contributed by atoms with Crippen molar-refractivity contribution in [2.45, 2.75) is 0 Å². The maximum atomic E-state index is 9.90. The van der Waals surface area contributed by atoms with Crippen LogP contribution in [0.3, 0.4) is 0 Å². The number of hydrogen-bond acceptors (Lipinski definition) is 3. The highest BCUT2D eigenvalue weighted by Gasteiger charge is 2.16. The second kappa shape index (κ2) is 3.15. The van der Waals surface area contributed by atoms with E-state index in [9.17, 15) is 10.1 Å². The summed E-state index contributed by atoms with van der Waals surface area (Å²) in [5.74, 6) is 0.0984. The molecule has 1 saturated heterocycles. The number of hydrazone groups is 1. The summed E-state index contributed by atoms with van der Waals surface area (Å²) in [6.45, 7) is 0.424. The summed E-state index contributed by atoms with van der Waals surface area (Å²) in [5.41, 5.74) is 0. The Bertz CT molecular complexity index is 192. The van der Waals surface area contributed by atoms with Crippen molar-refractivity contribution in [1.29, 1.82) is 0 Å². The first-order valence-corrected chi connectivity index (χ1v) is 2.89. The molecule has 0 aliphatic carbocycles. The van der Waals surface area contributed by atoms with Crippen LogP contribution < -0.4 is 5.32 Å². The van der Waals surface area contributed by atoms with Crippen molar-refractivity contribution in [3.8, 4) is 0 Å². The van der Waals surface area contributed by atoms with Gasteiger partial charge in [-0.25, -0.2) is 15.4 Å². The second-order valence-electron chi connectivity index (χ2n) is 1.96. The lowest BCUT2D eigenvalue weighted by atomic mass is 10.7. The van der Waals surface area contributed by atoms with E-state index in [-0.39, 0.29) is 19.4 Å². The Hall–Kier alpha value is -1.37. The van der Waals surface area contributed by atoms with E-state index in [0.717, 1.165) is 0 Å². The second-order valence-corrected chi connectivity index (χ2v) is 1.96. The van der Waals surface area contributed by atoms with Gasteiger partial charge < -0.3 is 9.64 Å². The van der Waals surface area contributed by atoms with Crippen molar-refractivity contribution in [1.82, 2.24) is 10.2 Å². The molecule has 1 radical (unpaired) electrons. The van der Waals surface area contributed by atoms with Gasteiger partial charge in [-0.15, -0.1) is 0 Å². The molecule has 7 heteroatoms. The molecule has 0 N–H and O–H groups in total. The SMILES string of the molecule is CN1COC[N]/C1=N/[N+](=O)[O-]. The van der Waals surface area contributed by atoms with E-state index in [4.69, 9.17) is 4.74 Å². The lowest BCUT2D eigenvalue weighted by molar-refractivity contribution is -0.486. The Balaban J connectivity index is 2.60. The maximum absolute atomic E-state index is 9.90. The predicted octanol–water partition coefficient (Wildman–Crippen LogP) is -0.984. The summed E-state index contributed by atoms with van der Waals surface area (Å²) in [6, 6.07) is 0. The van der Waals surface area contributed by atoms with Crippen molar-refractivity contribution >= 4 is 5.96 Å². The molecule has 0 aromatic rings. The van der Waals surface area contributed by atoms with Crippen molar-refractivity contribution in [2.75, 3.05) is 20.5 Å². The third-order valence-electron chi connectivity index (χ3n) is 1.09. The largest absolute Gasteiger partial charge is 0.339 e. The van der Waals surface area contributed by atoms with Crippen LogP contribution in [0.15, 0.2) is 5.10 Å². The number of hydrogen-bond donors (Lipinski definition) is 0. The van der Waals surface area contributed by atoms with Gasteiger partial charge in [0.15, 0.2) is 5.03 Å². The first-order valence-electron chi connectivity index (χ1n) is 2.89. The lowest BCUT2D eigenvalue weighted by Gasteiger charge is -2.22. The van der Waals surface area contributed by atoms with Crippen molar-refractivity contribution in [3.05, 3.63) is 10.1 Å². The first kappa shape index (κ1) is 7.73. The van der Waals surface area contributed by atoms with E-state index < -0.39 is 5.03 Å². The van der Waals surface area contributed by atoms with Gasteiger partial charge in [-0.2, -0.15) is 0 Å². The van der Waals surface area contributed by atoms with Gasteiger partial charge in [0.2, 0.25) is 0 Å². The molecule has 1 aliphatic heterocycles. The highest BCUT2D eigenvalue weighted by molar-refractivity contribution is 5.78. The zero-order valence-electron chi connectivity index (χ0n) is 5.93. The highest BCUT2D eigenvalue weighted by atomic mass is 16.7. The lowest BCUT2D eigenvalue weighted by Crippen LogP contribution is -2.42. The molecule has 0 aromatic heterocycles. The summed E-state index contributed by atoms with van der Waals surface area (Å²) in [6.07, 6.45) is 0. The number of nitro groups is 1. The smallest absolute Gasteiger partial charge is 0.296 e. The Labute approximate surface area is 62.8 Å². The minimum atomic E-state index is -0.777. The number of nitrogens with zero attached hydrogens (tertiary/aromatic N) is 4. The Morgan fingerprint density at radius 2 is 2.64 bits per heavy atom. The van der Waals surface area contributed by atoms with Gasteiger partial charge in [0.05, 0.1) is 0 Å². The molecule has 1 fully saturated rings. The Kier molecular flexibility index (Phi) is 2.21. The van der Waals surface area contributed by atoms with Gasteiger partial charge in [0.25, 0.3) is 5.96 Å². The van der Waals surface area contributed by atoms with E-state index in [2.05, 4.69) is 10.4 Å². The third kappa shape index (κ3) is 2.04. The first-order chi connectivity index (χ1) is 5.20. The average molecular weight is 159 g/mol. The monoisotopic (exact) mass is 159 g/mol. The molecular weight excluding hydrogens is 152 g/mol. The van der Waals surface area contributed by atoms with Crippen molar-refractivity contribution < 1.29 is 9.77 Å². The fraction of sp³-hybridized carbons (Fsp3) is 0.750. The summed E-state index contributed by atoms with van der Waals surface area (Å²) in [4.78, 5) is 11.4. The average Bonchev–Trinajstić information content (AvgIpc) is 1.93. The number of rotatable bonds is 1. The zero-order chi connectivity index (χ0) is 8.27. The van der Waals surface area contributed by atoms with Gasteiger partial charge in [0, 0.05) is 7.05 Å².